The normalized spacial score (nSPS) is 17.9. The van der Waals surface area contributed by atoms with Crippen molar-refractivity contribution in [1.82, 2.24) is 9.80 Å². The zero-order valence-electron chi connectivity index (χ0n) is 21.3. The Balaban J connectivity index is 0.000000683. The zero-order chi connectivity index (χ0) is 23.7. The maximum absolute atomic E-state index is 10.1. The molecule has 31 heavy (non-hydrogen) atoms. The van der Waals surface area contributed by atoms with Crippen LogP contribution in [-0.2, 0) is 9.53 Å². The predicted octanol–water partition coefficient (Wildman–Crippen LogP) is 5.45. The van der Waals surface area contributed by atoms with Gasteiger partial charge < -0.3 is 19.3 Å². The molecule has 176 valence electrons. The van der Waals surface area contributed by atoms with Gasteiger partial charge in [0.2, 0.25) is 0 Å². The van der Waals surface area contributed by atoms with Crippen molar-refractivity contribution in [3.05, 3.63) is 59.3 Å². The predicted molar refractivity (Wildman–Crippen MR) is 136 cm³/mol. The second-order valence-corrected chi connectivity index (χ2v) is 9.10. The first-order valence-corrected chi connectivity index (χ1v) is 11.3. The van der Waals surface area contributed by atoms with E-state index < -0.39 is 0 Å². The fourth-order valence-electron chi connectivity index (χ4n) is 3.00. The Morgan fingerprint density at radius 3 is 2.16 bits per heavy atom. The zero-order valence-corrected chi connectivity index (χ0v) is 21.3. The molecule has 0 aromatic carbocycles. The maximum atomic E-state index is 10.1. The number of ether oxygens (including phenoxy) is 1. The topological polar surface area (TPSA) is 32.8 Å². The molecule has 1 heterocycles. The van der Waals surface area contributed by atoms with E-state index in [0.717, 1.165) is 39.0 Å². The summed E-state index contributed by atoms with van der Waals surface area (Å²) >= 11 is 0. The molecule has 0 radical (unpaired) electrons. The highest BCUT2D eigenvalue weighted by atomic mass is 16.5. The van der Waals surface area contributed by atoms with Gasteiger partial charge in [-0.05, 0) is 38.8 Å². The van der Waals surface area contributed by atoms with Gasteiger partial charge in [-0.25, -0.2) is 0 Å². The second kappa shape index (κ2) is 16.9. The van der Waals surface area contributed by atoms with E-state index in [1.54, 1.807) is 7.11 Å². The van der Waals surface area contributed by atoms with Crippen molar-refractivity contribution < 1.29 is 9.53 Å². The fourth-order valence-corrected chi connectivity index (χ4v) is 3.00. The molecule has 1 fully saturated rings. The van der Waals surface area contributed by atoms with Crippen molar-refractivity contribution in [1.29, 1.82) is 0 Å². The SMILES string of the molecule is CN1CCN(CCC=O)CC1.C\C=C(/C=C/C(C)=C/C=C/C(C)=C/COC)C(C)(C)C. The van der Waals surface area contributed by atoms with Gasteiger partial charge in [-0.3, -0.25) is 0 Å². The fraction of sp³-hybridized carbons (Fsp3) is 0.593. The Morgan fingerprint density at radius 2 is 1.65 bits per heavy atom. The number of likely N-dealkylation sites (N-methyl/N-ethyl adjacent to an activating group) is 1. The number of allylic oxidation sites excluding steroid dienone is 9. The third-order valence-corrected chi connectivity index (χ3v) is 5.15. The average molecular weight is 431 g/mol. The van der Waals surface area contributed by atoms with Crippen LogP contribution in [0.2, 0.25) is 0 Å². The molecule has 0 spiro atoms. The summed E-state index contributed by atoms with van der Waals surface area (Å²) in [5.74, 6) is 0. The van der Waals surface area contributed by atoms with Crippen molar-refractivity contribution in [3.8, 4) is 0 Å². The van der Waals surface area contributed by atoms with Crippen molar-refractivity contribution in [2.75, 3.05) is 53.5 Å². The monoisotopic (exact) mass is 430 g/mol. The Labute approximate surface area is 192 Å². The molecule has 1 saturated heterocycles. The van der Waals surface area contributed by atoms with Crippen molar-refractivity contribution in [2.45, 2.75) is 48.0 Å². The van der Waals surface area contributed by atoms with Crippen LogP contribution in [0.5, 0.6) is 0 Å². The van der Waals surface area contributed by atoms with E-state index in [1.165, 1.54) is 16.7 Å². The number of hydrogen-bond donors (Lipinski definition) is 0. The van der Waals surface area contributed by atoms with E-state index >= 15 is 0 Å². The molecule has 1 rings (SSSR count). The minimum absolute atomic E-state index is 0.195. The minimum atomic E-state index is 0.195. The number of piperazine rings is 1. The number of methoxy groups -OCH3 is 1. The Kier molecular flexibility index (Phi) is 15.9. The van der Waals surface area contributed by atoms with Crippen LogP contribution in [0.4, 0.5) is 0 Å². The van der Waals surface area contributed by atoms with Crippen LogP contribution < -0.4 is 0 Å². The van der Waals surface area contributed by atoms with Gasteiger partial charge in [-0.1, -0.05) is 74.4 Å². The highest BCUT2D eigenvalue weighted by Gasteiger charge is 2.13. The van der Waals surface area contributed by atoms with Gasteiger partial charge in [0, 0.05) is 46.3 Å². The third-order valence-electron chi connectivity index (χ3n) is 5.15. The molecule has 4 heteroatoms. The molecule has 0 unspecified atom stereocenters. The molecule has 0 saturated carbocycles. The summed E-state index contributed by atoms with van der Waals surface area (Å²) in [6, 6.07) is 0. The Morgan fingerprint density at radius 1 is 1.00 bits per heavy atom. The highest BCUT2D eigenvalue weighted by Crippen LogP contribution is 2.26. The lowest BCUT2D eigenvalue weighted by molar-refractivity contribution is -0.108. The van der Waals surface area contributed by atoms with Crippen LogP contribution >= 0.6 is 0 Å². The van der Waals surface area contributed by atoms with Crippen LogP contribution in [0.15, 0.2) is 59.3 Å². The van der Waals surface area contributed by atoms with Crippen LogP contribution in [0.25, 0.3) is 0 Å². The first-order chi connectivity index (χ1) is 14.6. The first-order valence-electron chi connectivity index (χ1n) is 11.3. The van der Waals surface area contributed by atoms with Crippen LogP contribution in [0.3, 0.4) is 0 Å². The Bertz CT molecular complexity index is 641. The molecule has 0 aromatic heterocycles. The number of aldehydes is 1. The summed E-state index contributed by atoms with van der Waals surface area (Å²) in [6.07, 6.45) is 16.6. The van der Waals surface area contributed by atoms with E-state index in [4.69, 9.17) is 4.74 Å². The summed E-state index contributed by atoms with van der Waals surface area (Å²) in [7, 11) is 3.84. The quantitative estimate of drug-likeness (QED) is 0.359. The van der Waals surface area contributed by atoms with E-state index in [1.807, 2.05) is 0 Å². The van der Waals surface area contributed by atoms with Crippen LogP contribution in [0.1, 0.15) is 48.0 Å². The molecular formula is C27H46N2O2. The van der Waals surface area contributed by atoms with E-state index in [2.05, 4.69) is 101 Å². The molecule has 0 amide bonds. The van der Waals surface area contributed by atoms with E-state index in [9.17, 15) is 4.79 Å². The van der Waals surface area contributed by atoms with Gasteiger partial charge in [0.25, 0.3) is 0 Å². The van der Waals surface area contributed by atoms with Gasteiger partial charge in [0.1, 0.15) is 6.29 Å². The first kappa shape index (κ1) is 29.2. The van der Waals surface area contributed by atoms with Gasteiger partial charge in [-0.2, -0.15) is 0 Å². The van der Waals surface area contributed by atoms with Gasteiger partial charge in [-0.15, -0.1) is 0 Å². The second-order valence-electron chi connectivity index (χ2n) is 9.10. The molecule has 0 atom stereocenters. The molecule has 1 aliphatic rings. The van der Waals surface area contributed by atoms with E-state index in [-0.39, 0.29) is 5.41 Å². The lowest BCUT2D eigenvalue weighted by Gasteiger charge is -2.31. The van der Waals surface area contributed by atoms with Gasteiger partial charge in [0.15, 0.2) is 0 Å². The number of nitrogens with zero attached hydrogens (tertiary/aromatic N) is 2. The molecular weight excluding hydrogens is 384 g/mol. The van der Waals surface area contributed by atoms with Crippen LogP contribution in [-0.4, -0.2) is 69.6 Å². The average Bonchev–Trinajstić information content (AvgIpc) is 2.71. The summed E-state index contributed by atoms with van der Waals surface area (Å²) in [5, 5.41) is 0. The van der Waals surface area contributed by atoms with Gasteiger partial charge in [0.05, 0.1) is 6.61 Å². The number of rotatable bonds is 9. The molecule has 0 aromatic rings. The summed E-state index contributed by atoms with van der Waals surface area (Å²) < 4.78 is 5.01. The summed E-state index contributed by atoms with van der Waals surface area (Å²) in [5.41, 5.74) is 4.00. The Hall–Kier alpha value is -1.75. The molecule has 0 N–H and O–H groups in total. The van der Waals surface area contributed by atoms with Gasteiger partial charge >= 0.3 is 0 Å². The smallest absolute Gasteiger partial charge is 0.121 e. The molecule has 4 nitrogen and oxygen atoms in total. The van der Waals surface area contributed by atoms with E-state index in [0.29, 0.717) is 13.0 Å². The van der Waals surface area contributed by atoms with Crippen molar-refractivity contribution in [2.24, 2.45) is 5.41 Å². The summed E-state index contributed by atoms with van der Waals surface area (Å²) in [4.78, 5) is 14.7. The number of carbonyl (C=O) groups excluding carboxylic acids is 1. The standard InChI is InChI=1S/C19H30O.C8H16N2O/c1-8-18(19(4,5)6)13-12-16(2)10-9-11-17(3)14-15-20-7;1-9-4-6-10(7-5-9)3-2-8-11/h8-14H,15H2,1-7H3;8H,2-7H2,1H3/b11-9+,13-12+,16-10+,17-14+,18-8+;. The lowest BCUT2D eigenvalue weighted by atomic mass is 9.86. The summed E-state index contributed by atoms with van der Waals surface area (Å²) in [6.45, 7) is 19.1. The maximum Gasteiger partial charge on any atom is 0.121 e. The van der Waals surface area contributed by atoms with Crippen molar-refractivity contribution in [3.63, 3.8) is 0 Å². The lowest BCUT2D eigenvalue weighted by Crippen LogP contribution is -2.44. The number of carbonyl (C=O) groups is 1. The molecule has 0 bridgehead atoms. The minimum Gasteiger partial charge on any atom is -0.381 e. The third kappa shape index (κ3) is 15.7. The number of hydrogen-bond acceptors (Lipinski definition) is 4. The van der Waals surface area contributed by atoms with Crippen molar-refractivity contribution >= 4 is 6.29 Å². The van der Waals surface area contributed by atoms with Crippen LogP contribution in [0, 0.1) is 5.41 Å². The largest absolute Gasteiger partial charge is 0.381 e. The molecule has 1 aliphatic heterocycles. The highest BCUT2D eigenvalue weighted by molar-refractivity contribution is 5.49. The molecule has 0 aliphatic carbocycles.